The van der Waals surface area contributed by atoms with Crippen LogP contribution in [0.2, 0.25) is 0 Å². The Morgan fingerprint density at radius 2 is 2.38 bits per heavy atom. The third-order valence-electron chi connectivity index (χ3n) is 2.39. The van der Waals surface area contributed by atoms with Crippen molar-refractivity contribution in [3.05, 3.63) is 22.7 Å². The molecular weight excluding hydrogens is 210 g/mol. The zero-order valence-electron chi connectivity index (χ0n) is 9.46. The molecule has 0 bridgehead atoms. The van der Waals surface area contributed by atoms with Crippen LogP contribution in [-0.4, -0.2) is 34.0 Å². The number of aliphatic hydroxyl groups excluding tert-OH is 1. The second-order valence-corrected chi connectivity index (χ2v) is 3.63. The molecule has 6 nitrogen and oxygen atoms in total. The number of ether oxygens (including phenoxy) is 1. The Balaban J connectivity index is 2.64. The van der Waals surface area contributed by atoms with Gasteiger partial charge in [-0.15, -0.1) is 0 Å². The summed E-state index contributed by atoms with van der Waals surface area (Å²) in [5, 5.41) is 9.36. The summed E-state index contributed by atoms with van der Waals surface area (Å²) in [5.41, 5.74) is 4.98. The van der Waals surface area contributed by atoms with Crippen molar-refractivity contribution in [3.8, 4) is 0 Å². The van der Waals surface area contributed by atoms with Gasteiger partial charge in [-0.05, 0) is 19.4 Å². The minimum atomic E-state index is -0.567. The van der Waals surface area contributed by atoms with E-state index in [2.05, 4.69) is 4.98 Å². The van der Waals surface area contributed by atoms with Crippen LogP contribution < -0.4 is 11.4 Å². The lowest BCUT2D eigenvalue weighted by atomic mass is 10.1. The maximum atomic E-state index is 11.4. The number of aryl methyl sites for hydroxylation is 1. The van der Waals surface area contributed by atoms with Crippen LogP contribution in [0.5, 0.6) is 0 Å². The summed E-state index contributed by atoms with van der Waals surface area (Å²) >= 11 is 0. The molecule has 1 aromatic rings. The van der Waals surface area contributed by atoms with Crippen LogP contribution in [0.15, 0.2) is 17.1 Å². The third kappa shape index (κ3) is 3.32. The van der Waals surface area contributed by atoms with Gasteiger partial charge in [-0.3, -0.25) is 4.57 Å². The summed E-state index contributed by atoms with van der Waals surface area (Å²) in [6.07, 6.45) is 1.27. The van der Waals surface area contributed by atoms with E-state index in [9.17, 15) is 9.90 Å². The number of anilines is 1. The Bertz CT molecular complexity index is 389. The molecule has 1 heterocycles. The van der Waals surface area contributed by atoms with Gasteiger partial charge in [-0.1, -0.05) is 0 Å². The van der Waals surface area contributed by atoms with Crippen LogP contribution in [0.4, 0.5) is 5.82 Å². The van der Waals surface area contributed by atoms with Crippen LogP contribution in [-0.2, 0) is 11.3 Å². The minimum Gasteiger partial charge on any atom is -0.391 e. The summed E-state index contributed by atoms with van der Waals surface area (Å²) in [6.45, 7) is 2.09. The van der Waals surface area contributed by atoms with E-state index >= 15 is 0 Å². The van der Waals surface area contributed by atoms with Gasteiger partial charge >= 0.3 is 5.69 Å². The number of hydrogen-bond acceptors (Lipinski definition) is 5. The predicted octanol–water partition coefficient (Wildman–Crippen LogP) is -0.389. The second-order valence-electron chi connectivity index (χ2n) is 3.63. The van der Waals surface area contributed by atoms with Crippen LogP contribution in [0, 0.1) is 0 Å². The lowest BCUT2D eigenvalue weighted by Gasteiger charge is -2.18. The maximum Gasteiger partial charge on any atom is 0.349 e. The van der Waals surface area contributed by atoms with Gasteiger partial charge in [0, 0.05) is 19.9 Å². The highest BCUT2D eigenvalue weighted by Gasteiger charge is 2.13. The number of nitrogens with zero attached hydrogens (tertiary/aromatic N) is 2. The van der Waals surface area contributed by atoms with Crippen molar-refractivity contribution in [1.82, 2.24) is 9.55 Å². The van der Waals surface area contributed by atoms with Gasteiger partial charge in [0.1, 0.15) is 5.82 Å². The van der Waals surface area contributed by atoms with Crippen molar-refractivity contribution in [1.29, 1.82) is 0 Å². The summed E-state index contributed by atoms with van der Waals surface area (Å²) in [6, 6.07) is 1.56. The lowest BCUT2D eigenvalue weighted by Crippen LogP contribution is -2.30. The third-order valence-corrected chi connectivity index (χ3v) is 2.39. The van der Waals surface area contributed by atoms with Crippen molar-refractivity contribution in [3.63, 3.8) is 0 Å². The standard InChI is InChI=1S/C10H17N3O3/c1-7(14)8(16-2)3-5-13-6-4-9(11)12-10(13)15/h4,6-8,14H,3,5H2,1-2H3,(H2,11,12,15). The molecule has 0 aromatic carbocycles. The first-order valence-corrected chi connectivity index (χ1v) is 5.08. The Labute approximate surface area is 93.7 Å². The van der Waals surface area contributed by atoms with Crippen molar-refractivity contribution in [2.24, 2.45) is 0 Å². The number of nitrogen functional groups attached to an aromatic ring is 1. The zero-order valence-corrected chi connectivity index (χ0v) is 9.46. The molecule has 3 N–H and O–H groups in total. The number of hydrogen-bond donors (Lipinski definition) is 2. The van der Waals surface area contributed by atoms with Gasteiger partial charge < -0.3 is 15.6 Å². The summed E-state index contributed by atoms with van der Waals surface area (Å²) in [7, 11) is 1.53. The van der Waals surface area contributed by atoms with Gasteiger partial charge in [0.15, 0.2) is 0 Å². The highest BCUT2D eigenvalue weighted by molar-refractivity contribution is 5.23. The Morgan fingerprint density at radius 3 is 2.88 bits per heavy atom. The van der Waals surface area contributed by atoms with E-state index in [0.717, 1.165) is 0 Å². The van der Waals surface area contributed by atoms with Crippen LogP contribution in [0.3, 0.4) is 0 Å². The van der Waals surface area contributed by atoms with E-state index in [4.69, 9.17) is 10.5 Å². The van der Waals surface area contributed by atoms with E-state index in [0.29, 0.717) is 13.0 Å². The monoisotopic (exact) mass is 227 g/mol. The molecule has 1 rings (SSSR count). The largest absolute Gasteiger partial charge is 0.391 e. The molecule has 0 amide bonds. The fraction of sp³-hybridized carbons (Fsp3) is 0.600. The maximum absolute atomic E-state index is 11.4. The highest BCUT2D eigenvalue weighted by atomic mass is 16.5. The molecule has 6 heteroatoms. The van der Waals surface area contributed by atoms with E-state index in [1.807, 2.05) is 0 Å². The van der Waals surface area contributed by atoms with Crippen molar-refractivity contribution in [2.45, 2.75) is 32.1 Å². The first-order chi connectivity index (χ1) is 7.54. The van der Waals surface area contributed by atoms with Crippen LogP contribution >= 0.6 is 0 Å². The van der Waals surface area contributed by atoms with Crippen molar-refractivity contribution >= 4 is 5.82 Å². The molecule has 0 spiro atoms. The Kier molecular flexibility index (Phi) is 4.45. The molecule has 0 saturated carbocycles. The molecule has 0 radical (unpaired) electrons. The molecule has 0 saturated heterocycles. The molecule has 0 fully saturated rings. The van der Waals surface area contributed by atoms with Gasteiger partial charge in [0.2, 0.25) is 0 Å². The number of rotatable bonds is 5. The quantitative estimate of drug-likeness (QED) is 0.715. The molecule has 2 atom stereocenters. The summed E-state index contributed by atoms with van der Waals surface area (Å²) in [5.74, 6) is 0.208. The zero-order chi connectivity index (χ0) is 12.1. The summed E-state index contributed by atoms with van der Waals surface area (Å²) in [4.78, 5) is 15.0. The Hall–Kier alpha value is -1.40. The van der Waals surface area contributed by atoms with E-state index < -0.39 is 6.10 Å². The number of aliphatic hydroxyl groups is 1. The van der Waals surface area contributed by atoms with Crippen molar-refractivity contribution in [2.75, 3.05) is 12.8 Å². The molecule has 0 aliphatic carbocycles. The first kappa shape index (κ1) is 12.7. The van der Waals surface area contributed by atoms with Crippen LogP contribution in [0.25, 0.3) is 0 Å². The van der Waals surface area contributed by atoms with Gasteiger partial charge in [-0.2, -0.15) is 4.98 Å². The van der Waals surface area contributed by atoms with Crippen molar-refractivity contribution < 1.29 is 9.84 Å². The lowest BCUT2D eigenvalue weighted by molar-refractivity contribution is -0.00903. The molecule has 0 aliphatic rings. The van der Waals surface area contributed by atoms with E-state index in [1.165, 1.54) is 11.7 Å². The predicted molar refractivity (Wildman–Crippen MR) is 60.0 cm³/mol. The molecule has 16 heavy (non-hydrogen) atoms. The first-order valence-electron chi connectivity index (χ1n) is 5.08. The number of nitrogens with two attached hydrogens (primary N) is 1. The SMILES string of the molecule is COC(CCn1ccc(N)nc1=O)C(C)O. The second kappa shape index (κ2) is 5.62. The van der Waals surface area contributed by atoms with Gasteiger partial charge in [0.25, 0.3) is 0 Å². The van der Waals surface area contributed by atoms with E-state index in [1.54, 1.807) is 19.2 Å². The molecule has 2 unspecified atom stereocenters. The van der Waals surface area contributed by atoms with Gasteiger partial charge in [-0.25, -0.2) is 4.79 Å². The molecule has 1 aromatic heterocycles. The normalized spacial score (nSPS) is 14.7. The molecule has 90 valence electrons. The van der Waals surface area contributed by atoms with Crippen LogP contribution in [0.1, 0.15) is 13.3 Å². The average molecular weight is 227 g/mol. The van der Waals surface area contributed by atoms with E-state index in [-0.39, 0.29) is 17.6 Å². The molecular formula is C10H17N3O3. The smallest absolute Gasteiger partial charge is 0.349 e. The fourth-order valence-corrected chi connectivity index (χ4v) is 1.43. The molecule has 0 aliphatic heterocycles. The van der Waals surface area contributed by atoms with Gasteiger partial charge in [0.05, 0.1) is 12.2 Å². The number of methoxy groups -OCH3 is 1. The summed E-state index contributed by atoms with van der Waals surface area (Å²) < 4.78 is 6.52. The topological polar surface area (TPSA) is 90.4 Å². The average Bonchev–Trinajstić information content (AvgIpc) is 2.21. The Morgan fingerprint density at radius 1 is 1.69 bits per heavy atom. The fourth-order valence-electron chi connectivity index (χ4n) is 1.43. The minimum absolute atomic E-state index is 0.208. The highest BCUT2D eigenvalue weighted by Crippen LogP contribution is 2.04. The number of aromatic nitrogens is 2.